The number of aromatic nitrogens is 3. The maximum Gasteiger partial charge on any atom is 0.251 e. The highest BCUT2D eigenvalue weighted by molar-refractivity contribution is 6.39. The second kappa shape index (κ2) is 19.4. The highest BCUT2D eigenvalue weighted by atomic mass is 19.1. The summed E-state index contributed by atoms with van der Waals surface area (Å²) in [5, 5.41) is 6.22. The molecular weight excluding hydrogens is 826 g/mol. The van der Waals surface area contributed by atoms with E-state index in [1.807, 2.05) is 29.4 Å². The average Bonchev–Trinajstić information content (AvgIpc) is 3.81. The Labute approximate surface area is 392 Å². The summed E-state index contributed by atoms with van der Waals surface area (Å²) in [6.45, 7) is 14.6. The van der Waals surface area contributed by atoms with Gasteiger partial charge >= 0.3 is 0 Å². The van der Waals surface area contributed by atoms with Crippen molar-refractivity contribution in [2.24, 2.45) is 0 Å². The first-order valence-corrected chi connectivity index (χ1v) is 25.4. The Kier molecular flexibility index (Phi) is 13.7. The molecule has 1 spiro atoms. The first-order valence-electron chi connectivity index (χ1n) is 25.4. The topological polar surface area (TPSA) is 116 Å². The van der Waals surface area contributed by atoms with Gasteiger partial charge < -0.3 is 29.9 Å². The largest absolute Gasteiger partial charge is 0.350 e. The van der Waals surface area contributed by atoms with E-state index in [9.17, 15) is 9.59 Å². The van der Waals surface area contributed by atoms with Crippen LogP contribution in [0.3, 0.4) is 0 Å². The Balaban J connectivity index is 1.01. The number of benzene rings is 2. The zero-order chi connectivity index (χ0) is 46.3. The van der Waals surface area contributed by atoms with Crippen LogP contribution in [-0.2, 0) is 15.0 Å². The molecule has 1 atom stereocenters. The van der Waals surface area contributed by atoms with E-state index in [0.29, 0.717) is 65.9 Å². The van der Waals surface area contributed by atoms with E-state index in [4.69, 9.17) is 9.97 Å². The number of fused-ring (bicyclic) bond motifs is 3. The minimum absolute atomic E-state index is 0.0456. The second-order valence-corrected chi connectivity index (χ2v) is 21.0. The van der Waals surface area contributed by atoms with Crippen molar-refractivity contribution in [3.8, 4) is 11.3 Å². The van der Waals surface area contributed by atoms with Gasteiger partial charge in [0.15, 0.2) is 5.82 Å². The Morgan fingerprint density at radius 3 is 2.24 bits per heavy atom. The number of likely N-dealkylation sites (tertiary alicyclic amines) is 2. The van der Waals surface area contributed by atoms with Crippen LogP contribution in [0, 0.1) is 12.7 Å². The van der Waals surface area contributed by atoms with Crippen molar-refractivity contribution >= 4 is 53.2 Å². The lowest BCUT2D eigenvalue weighted by Crippen LogP contribution is -2.59. The van der Waals surface area contributed by atoms with Crippen LogP contribution in [-0.4, -0.2) is 93.6 Å². The number of carbonyl (C=O) groups excluding carboxylic acids is 3. The molecule has 0 bridgehead atoms. The van der Waals surface area contributed by atoms with Gasteiger partial charge in [-0.2, -0.15) is 0 Å². The average molecular weight is 898 g/mol. The van der Waals surface area contributed by atoms with Crippen LogP contribution in [0.2, 0.25) is 11.6 Å². The molecule has 2 saturated heterocycles. The van der Waals surface area contributed by atoms with E-state index < -0.39 is 11.2 Å². The van der Waals surface area contributed by atoms with Crippen molar-refractivity contribution in [3.63, 3.8) is 0 Å². The number of piperidine rings is 2. The normalized spacial score (nSPS) is 23.0. The fraction of sp³-hybridized carbons (Fsp3) is 0.604. The summed E-state index contributed by atoms with van der Waals surface area (Å²) < 4.78 is 17.9. The summed E-state index contributed by atoms with van der Waals surface area (Å²) in [6.07, 6.45) is 19.8. The Bertz CT molecular complexity index is 2430. The van der Waals surface area contributed by atoms with Crippen LogP contribution < -0.4 is 15.5 Å². The van der Waals surface area contributed by atoms with E-state index in [2.05, 4.69) is 59.8 Å². The second-order valence-electron chi connectivity index (χ2n) is 21.0. The summed E-state index contributed by atoms with van der Waals surface area (Å²) in [6, 6.07) is 11.7. The molecule has 2 aromatic heterocycles. The standard InChI is InChI=1S/C53H71BFN8O3/c1-33(2)57-51(65)42-29-46(44(55)25-35(42)5)59-50-49-47(56-32-62(49)34(3)4)30-45(58-50)37-18-19-43-48(26-37)63(52(66)53(43)20-23-60(24-21-53)36(6)64)41-27-40(28-41)61-22-14-17-39(31-61)54-38-15-12-10-8-7-9-11-13-16-38/h18-19,25-26,29-30,32-34,38-41H,7-17,20-24,27-28,31H2,1-6H3,(H,57,65)(H,58,59). The van der Waals surface area contributed by atoms with Crippen LogP contribution in [0.25, 0.3) is 22.3 Å². The van der Waals surface area contributed by atoms with Crippen LogP contribution >= 0.6 is 0 Å². The Hall–Kier alpha value is -4.78. The maximum atomic E-state index is 15.8. The van der Waals surface area contributed by atoms with E-state index in [1.165, 1.54) is 76.7 Å². The van der Waals surface area contributed by atoms with E-state index in [0.717, 1.165) is 54.1 Å². The first-order chi connectivity index (χ1) is 31.8. The number of halogens is 1. The maximum absolute atomic E-state index is 15.8. The Morgan fingerprint density at radius 2 is 1.56 bits per heavy atom. The van der Waals surface area contributed by atoms with Crippen molar-refractivity contribution in [1.82, 2.24) is 29.7 Å². The number of nitrogens with zero attached hydrogens (tertiary/aromatic N) is 6. The molecule has 9 rings (SSSR count). The molecule has 13 heteroatoms. The first kappa shape index (κ1) is 46.3. The van der Waals surface area contributed by atoms with E-state index >= 15 is 9.18 Å². The lowest BCUT2D eigenvalue weighted by atomic mass is 9.50. The van der Waals surface area contributed by atoms with Crippen LogP contribution in [0.1, 0.15) is 158 Å². The number of anilines is 3. The van der Waals surface area contributed by atoms with Gasteiger partial charge in [0, 0.05) is 61.0 Å². The molecule has 2 saturated carbocycles. The van der Waals surface area contributed by atoms with Crippen LogP contribution in [0.5, 0.6) is 0 Å². The Morgan fingerprint density at radius 1 is 0.864 bits per heavy atom. The third kappa shape index (κ3) is 9.26. The molecule has 1 radical (unpaired) electrons. The minimum atomic E-state index is -0.686. The van der Waals surface area contributed by atoms with Gasteiger partial charge in [-0.1, -0.05) is 88.0 Å². The zero-order valence-corrected chi connectivity index (χ0v) is 40.3. The molecule has 3 amide bonds. The molecule has 2 aliphatic carbocycles. The molecule has 4 fully saturated rings. The number of aryl methyl sites for hydroxylation is 1. The van der Waals surface area contributed by atoms with Gasteiger partial charge in [0.2, 0.25) is 11.8 Å². The molecule has 3 aliphatic heterocycles. The lowest BCUT2D eigenvalue weighted by Gasteiger charge is -2.49. The fourth-order valence-corrected chi connectivity index (χ4v) is 12.0. The van der Waals surface area contributed by atoms with Gasteiger partial charge in [-0.3, -0.25) is 14.4 Å². The van der Waals surface area contributed by atoms with Gasteiger partial charge in [0.25, 0.3) is 5.91 Å². The van der Waals surface area contributed by atoms with Crippen molar-refractivity contribution in [3.05, 3.63) is 65.2 Å². The number of amides is 3. The van der Waals surface area contributed by atoms with E-state index in [1.54, 1.807) is 26.2 Å². The monoisotopic (exact) mass is 898 g/mol. The number of rotatable bonds is 10. The highest BCUT2D eigenvalue weighted by Crippen LogP contribution is 2.52. The van der Waals surface area contributed by atoms with Crippen molar-refractivity contribution in [1.29, 1.82) is 0 Å². The molecule has 5 aliphatic rings. The van der Waals surface area contributed by atoms with Gasteiger partial charge in [0.1, 0.15) is 18.6 Å². The molecule has 5 heterocycles. The molecule has 2 aromatic carbocycles. The van der Waals surface area contributed by atoms with Gasteiger partial charge in [-0.15, -0.1) is 0 Å². The fourth-order valence-electron chi connectivity index (χ4n) is 12.0. The number of hydrogen-bond donors (Lipinski definition) is 2. The van der Waals surface area contributed by atoms with Crippen LogP contribution in [0.4, 0.5) is 21.6 Å². The van der Waals surface area contributed by atoms with Gasteiger partial charge in [-0.25, -0.2) is 14.4 Å². The number of pyridine rings is 1. The quantitative estimate of drug-likeness (QED) is 0.152. The molecule has 4 aromatic rings. The summed E-state index contributed by atoms with van der Waals surface area (Å²) in [5.74, 6) is 1.26. The number of hydrogen-bond acceptors (Lipinski definition) is 7. The smallest absolute Gasteiger partial charge is 0.251 e. The van der Waals surface area contributed by atoms with Crippen LogP contribution in [0.15, 0.2) is 42.7 Å². The predicted molar refractivity (Wildman–Crippen MR) is 263 cm³/mol. The van der Waals surface area contributed by atoms with Crippen molar-refractivity contribution in [2.45, 2.75) is 179 Å². The third-order valence-electron chi connectivity index (χ3n) is 15.8. The molecule has 1 unspecified atom stereocenters. The number of carbonyl (C=O) groups is 3. The van der Waals surface area contributed by atoms with Gasteiger partial charge in [0.05, 0.1) is 28.6 Å². The molecule has 351 valence electrons. The lowest BCUT2D eigenvalue weighted by molar-refractivity contribution is -0.134. The van der Waals surface area contributed by atoms with E-state index in [-0.39, 0.29) is 41.5 Å². The number of imidazole rings is 1. The van der Waals surface area contributed by atoms with Crippen molar-refractivity contribution in [2.75, 3.05) is 36.4 Å². The SMILES string of the molecule is CC(=O)N1CCC2(CC1)C(=O)N(C1CC(N3CCCC([B]C4CCCCCCCCC4)C3)C1)c1cc(-c3cc4ncn(C(C)C)c4c(Nc4cc(C(=O)NC(C)C)c(C)cc4F)n3)ccc12. The molecular formula is C53H71BFN8O3. The summed E-state index contributed by atoms with van der Waals surface area (Å²) >= 11 is 0. The zero-order valence-electron chi connectivity index (χ0n) is 40.3. The molecule has 11 nitrogen and oxygen atoms in total. The summed E-state index contributed by atoms with van der Waals surface area (Å²) in [7, 11) is 2.75. The summed E-state index contributed by atoms with van der Waals surface area (Å²) in [5.41, 5.74) is 5.26. The molecule has 2 N–H and O–H groups in total. The number of nitrogens with one attached hydrogen (secondary N) is 2. The summed E-state index contributed by atoms with van der Waals surface area (Å²) in [4.78, 5) is 57.6. The predicted octanol–water partition coefficient (Wildman–Crippen LogP) is 10.7. The van der Waals surface area contributed by atoms with Crippen molar-refractivity contribution < 1.29 is 18.8 Å². The molecule has 66 heavy (non-hydrogen) atoms. The minimum Gasteiger partial charge on any atom is -0.350 e. The highest BCUT2D eigenvalue weighted by Gasteiger charge is 2.56. The van der Waals surface area contributed by atoms with Gasteiger partial charge in [-0.05, 0) is 115 Å². The third-order valence-corrected chi connectivity index (χ3v) is 15.8.